The number of hydrogen-bond acceptors (Lipinski definition) is 4. The maximum absolute atomic E-state index is 11.8. The first-order valence-corrected chi connectivity index (χ1v) is 6.95. The third-order valence-corrected chi connectivity index (χ3v) is 2.96. The van der Waals surface area contributed by atoms with Crippen molar-refractivity contribution in [2.75, 3.05) is 0 Å². The van der Waals surface area contributed by atoms with E-state index >= 15 is 0 Å². The molecule has 0 amide bonds. The van der Waals surface area contributed by atoms with Crippen molar-refractivity contribution in [1.29, 1.82) is 0 Å². The number of aryl methyl sites for hydroxylation is 1. The number of aliphatic carboxylic acids is 1. The van der Waals surface area contributed by atoms with E-state index in [-0.39, 0.29) is 12.4 Å². The van der Waals surface area contributed by atoms with Gasteiger partial charge in [-0.2, -0.15) is 0 Å². The van der Waals surface area contributed by atoms with Gasteiger partial charge in [0.2, 0.25) is 0 Å². The number of carbonyl (C=O) groups excluding carboxylic acids is 1. The van der Waals surface area contributed by atoms with Crippen molar-refractivity contribution in [1.82, 2.24) is 0 Å². The molecule has 0 spiro atoms. The van der Waals surface area contributed by atoms with Crippen LogP contribution in [0, 0.1) is 6.92 Å². The predicted molar refractivity (Wildman–Crippen MR) is 85.1 cm³/mol. The summed E-state index contributed by atoms with van der Waals surface area (Å²) in [7, 11) is 0. The summed E-state index contributed by atoms with van der Waals surface area (Å²) in [6, 6.07) is 14.3. The molecule has 118 valence electrons. The van der Waals surface area contributed by atoms with Crippen LogP contribution in [0.5, 0.6) is 5.75 Å². The largest absolute Gasteiger partial charge is 0.514 e. The van der Waals surface area contributed by atoms with Crippen LogP contribution in [-0.2, 0) is 16.1 Å². The van der Waals surface area contributed by atoms with Crippen LogP contribution in [0.15, 0.2) is 54.6 Å². The van der Waals surface area contributed by atoms with Gasteiger partial charge in [-0.1, -0.05) is 42.0 Å². The Bertz CT molecular complexity index is 719. The van der Waals surface area contributed by atoms with Crippen molar-refractivity contribution in [2.24, 2.45) is 0 Å². The molecule has 0 heterocycles. The Morgan fingerprint density at radius 2 is 1.87 bits per heavy atom. The fraction of sp³-hybridized carbons (Fsp3) is 0.111. The minimum absolute atomic E-state index is 0.103. The van der Waals surface area contributed by atoms with Crippen LogP contribution in [0.2, 0.25) is 0 Å². The van der Waals surface area contributed by atoms with Gasteiger partial charge in [0, 0.05) is 11.6 Å². The summed E-state index contributed by atoms with van der Waals surface area (Å²) in [6.07, 6.45) is 1.51. The van der Waals surface area contributed by atoms with Gasteiger partial charge in [-0.25, -0.2) is 9.59 Å². The minimum atomic E-state index is -1.08. The maximum Gasteiger partial charge on any atom is 0.514 e. The normalized spacial score (nSPS) is 10.5. The van der Waals surface area contributed by atoms with Gasteiger partial charge in [0.05, 0.1) is 0 Å². The van der Waals surface area contributed by atoms with Crippen molar-refractivity contribution in [3.05, 3.63) is 71.3 Å². The zero-order valence-electron chi connectivity index (χ0n) is 12.6. The first kappa shape index (κ1) is 16.3. The van der Waals surface area contributed by atoms with Crippen molar-refractivity contribution in [2.45, 2.75) is 13.5 Å². The highest BCUT2D eigenvalue weighted by Gasteiger charge is 2.10. The first-order chi connectivity index (χ1) is 11.0. The van der Waals surface area contributed by atoms with E-state index in [0.717, 1.165) is 17.2 Å². The summed E-state index contributed by atoms with van der Waals surface area (Å²) < 4.78 is 10.2. The van der Waals surface area contributed by atoms with Crippen molar-refractivity contribution in [3.63, 3.8) is 0 Å². The highest BCUT2D eigenvalue weighted by molar-refractivity contribution is 5.86. The van der Waals surface area contributed by atoms with Crippen molar-refractivity contribution < 1.29 is 24.2 Å². The topological polar surface area (TPSA) is 72.8 Å². The second kappa shape index (κ2) is 7.79. The second-order valence-electron chi connectivity index (χ2n) is 4.84. The molecule has 2 aromatic rings. The Labute approximate surface area is 133 Å². The highest BCUT2D eigenvalue weighted by atomic mass is 16.7. The fourth-order valence-electron chi connectivity index (χ4n) is 1.89. The lowest BCUT2D eigenvalue weighted by Crippen LogP contribution is -2.11. The molecular formula is C18H16O5. The number of carboxylic acids is 1. The summed E-state index contributed by atoms with van der Waals surface area (Å²) in [5.41, 5.74) is 2.25. The Balaban J connectivity index is 2.04. The van der Waals surface area contributed by atoms with Crippen molar-refractivity contribution >= 4 is 18.2 Å². The molecule has 0 saturated carbocycles. The predicted octanol–water partition coefficient (Wildman–Crippen LogP) is 3.81. The quantitative estimate of drug-likeness (QED) is 0.516. The van der Waals surface area contributed by atoms with E-state index in [2.05, 4.69) is 0 Å². The molecule has 2 aromatic carbocycles. The molecule has 23 heavy (non-hydrogen) atoms. The average molecular weight is 312 g/mol. The number of benzene rings is 2. The average Bonchev–Trinajstić information content (AvgIpc) is 2.54. The van der Waals surface area contributed by atoms with Crippen LogP contribution in [0.4, 0.5) is 4.79 Å². The zero-order chi connectivity index (χ0) is 16.7. The van der Waals surface area contributed by atoms with Crippen LogP contribution in [0.3, 0.4) is 0 Å². The molecule has 0 aliphatic rings. The van der Waals surface area contributed by atoms with Crippen LogP contribution in [0.25, 0.3) is 6.08 Å². The second-order valence-corrected chi connectivity index (χ2v) is 4.84. The summed E-state index contributed by atoms with van der Waals surface area (Å²) >= 11 is 0. The van der Waals surface area contributed by atoms with Crippen LogP contribution in [0.1, 0.15) is 16.7 Å². The van der Waals surface area contributed by atoms with Crippen LogP contribution >= 0.6 is 0 Å². The molecule has 0 aliphatic carbocycles. The molecule has 0 unspecified atom stereocenters. The SMILES string of the molecule is Cc1ccc(OC(=O)OCc2ccccc2)c(C=CC(=O)O)c1. The van der Waals surface area contributed by atoms with Gasteiger partial charge in [-0.05, 0) is 30.7 Å². The molecule has 0 bridgehead atoms. The van der Waals surface area contributed by atoms with E-state index < -0.39 is 12.1 Å². The molecule has 1 N–H and O–H groups in total. The van der Waals surface area contributed by atoms with Crippen LogP contribution < -0.4 is 4.74 Å². The summed E-state index contributed by atoms with van der Waals surface area (Å²) in [6.45, 7) is 1.96. The van der Waals surface area contributed by atoms with Gasteiger partial charge < -0.3 is 14.6 Å². The van der Waals surface area contributed by atoms with Gasteiger partial charge in [-0.3, -0.25) is 0 Å². The van der Waals surface area contributed by atoms with Gasteiger partial charge in [0.25, 0.3) is 0 Å². The molecular weight excluding hydrogens is 296 g/mol. The highest BCUT2D eigenvalue weighted by Crippen LogP contribution is 2.22. The van der Waals surface area contributed by atoms with E-state index in [1.807, 2.05) is 37.3 Å². The van der Waals surface area contributed by atoms with E-state index in [9.17, 15) is 9.59 Å². The standard InChI is InChI=1S/C18H16O5/c1-13-7-9-16(15(11-13)8-10-17(19)20)23-18(21)22-12-14-5-3-2-4-6-14/h2-11H,12H2,1H3,(H,19,20). The number of ether oxygens (including phenoxy) is 2. The molecule has 0 aliphatic heterocycles. The molecule has 0 fully saturated rings. The molecule has 0 atom stereocenters. The molecule has 5 nitrogen and oxygen atoms in total. The third kappa shape index (κ3) is 5.32. The Morgan fingerprint density at radius 3 is 2.57 bits per heavy atom. The van der Waals surface area contributed by atoms with Crippen molar-refractivity contribution in [3.8, 4) is 5.75 Å². The number of carbonyl (C=O) groups is 2. The Morgan fingerprint density at radius 1 is 1.13 bits per heavy atom. The summed E-state index contributed by atoms with van der Waals surface area (Å²) in [5, 5.41) is 8.71. The maximum atomic E-state index is 11.8. The zero-order valence-corrected chi connectivity index (χ0v) is 12.6. The Kier molecular flexibility index (Phi) is 5.52. The summed E-state index contributed by atoms with van der Waals surface area (Å²) in [4.78, 5) is 22.4. The molecule has 0 saturated heterocycles. The van der Waals surface area contributed by atoms with E-state index in [0.29, 0.717) is 5.56 Å². The van der Waals surface area contributed by atoms with Crippen LogP contribution in [-0.4, -0.2) is 17.2 Å². The van der Waals surface area contributed by atoms with E-state index in [1.54, 1.807) is 18.2 Å². The fourth-order valence-corrected chi connectivity index (χ4v) is 1.89. The molecule has 2 rings (SSSR count). The Hall–Kier alpha value is -3.08. The van der Waals surface area contributed by atoms with Gasteiger partial charge in [0.1, 0.15) is 12.4 Å². The smallest absolute Gasteiger partial charge is 0.478 e. The molecule has 0 aromatic heterocycles. The number of hydrogen-bond donors (Lipinski definition) is 1. The monoisotopic (exact) mass is 312 g/mol. The van der Waals surface area contributed by atoms with Gasteiger partial charge in [0.15, 0.2) is 0 Å². The van der Waals surface area contributed by atoms with Gasteiger partial charge in [-0.15, -0.1) is 0 Å². The first-order valence-electron chi connectivity index (χ1n) is 6.95. The van der Waals surface area contributed by atoms with E-state index in [1.165, 1.54) is 6.08 Å². The minimum Gasteiger partial charge on any atom is -0.478 e. The third-order valence-electron chi connectivity index (χ3n) is 2.96. The van der Waals surface area contributed by atoms with E-state index in [4.69, 9.17) is 14.6 Å². The number of rotatable bonds is 5. The lowest BCUT2D eigenvalue weighted by molar-refractivity contribution is -0.131. The lowest BCUT2D eigenvalue weighted by Gasteiger charge is -2.09. The number of carboxylic acid groups (broad SMARTS) is 1. The molecule has 5 heteroatoms. The lowest BCUT2D eigenvalue weighted by atomic mass is 10.1. The molecule has 0 radical (unpaired) electrons. The van der Waals surface area contributed by atoms with Gasteiger partial charge >= 0.3 is 12.1 Å². The summed E-state index contributed by atoms with van der Waals surface area (Å²) in [5.74, 6) is -0.838.